The van der Waals surface area contributed by atoms with Crippen LogP contribution in [0.25, 0.3) is 0 Å². The third-order valence-corrected chi connectivity index (χ3v) is 6.63. The van der Waals surface area contributed by atoms with Crippen molar-refractivity contribution in [1.82, 2.24) is 10.2 Å². The molecule has 0 aliphatic carbocycles. The lowest BCUT2D eigenvalue weighted by Crippen LogP contribution is -2.52. The molecule has 0 heterocycles. The molecule has 1 atom stereocenters. The Labute approximate surface area is 208 Å². The van der Waals surface area contributed by atoms with Gasteiger partial charge in [0.15, 0.2) is 0 Å². The molecule has 0 unspecified atom stereocenters. The van der Waals surface area contributed by atoms with Crippen LogP contribution in [0.1, 0.15) is 31.4 Å². The smallest absolute Gasteiger partial charge is 0.244 e. The molecular weight excluding hydrogens is 470 g/mol. The van der Waals surface area contributed by atoms with Gasteiger partial charge in [-0.25, -0.2) is 8.42 Å². The first-order valence-corrected chi connectivity index (χ1v) is 13.2. The lowest BCUT2D eigenvalue weighted by Gasteiger charge is -2.33. The zero-order valence-corrected chi connectivity index (χ0v) is 22.0. The van der Waals surface area contributed by atoms with Crippen LogP contribution in [0.15, 0.2) is 42.5 Å². The van der Waals surface area contributed by atoms with E-state index in [0.29, 0.717) is 18.7 Å². The van der Waals surface area contributed by atoms with E-state index in [0.717, 1.165) is 21.7 Å². The van der Waals surface area contributed by atoms with Gasteiger partial charge in [-0.3, -0.25) is 13.9 Å². The number of rotatable bonds is 12. The number of benzene rings is 2. The zero-order valence-electron chi connectivity index (χ0n) is 21.2. The number of amides is 2. The fourth-order valence-electron chi connectivity index (χ4n) is 3.80. The van der Waals surface area contributed by atoms with Crippen LogP contribution >= 0.6 is 0 Å². The maximum absolute atomic E-state index is 13.7. The molecule has 0 aromatic heterocycles. The van der Waals surface area contributed by atoms with Crippen molar-refractivity contribution in [2.45, 2.75) is 39.8 Å². The van der Waals surface area contributed by atoms with E-state index in [1.165, 1.54) is 25.2 Å². The molecule has 0 bridgehead atoms. The summed E-state index contributed by atoms with van der Waals surface area (Å²) in [6, 6.07) is 11.5. The van der Waals surface area contributed by atoms with E-state index in [2.05, 4.69) is 5.32 Å². The van der Waals surface area contributed by atoms with Gasteiger partial charge in [-0.1, -0.05) is 36.8 Å². The minimum absolute atomic E-state index is 0.160. The van der Waals surface area contributed by atoms with Gasteiger partial charge in [-0.2, -0.15) is 0 Å². The van der Waals surface area contributed by atoms with Crippen molar-refractivity contribution in [3.05, 3.63) is 53.6 Å². The van der Waals surface area contributed by atoms with E-state index in [1.807, 2.05) is 38.1 Å². The van der Waals surface area contributed by atoms with Crippen LogP contribution in [0.2, 0.25) is 0 Å². The van der Waals surface area contributed by atoms with E-state index < -0.39 is 28.5 Å². The fraction of sp³-hybridized carbons (Fsp3) is 0.440. The summed E-state index contributed by atoms with van der Waals surface area (Å²) >= 11 is 0. The molecule has 0 saturated carbocycles. The number of nitrogens with zero attached hydrogens (tertiary/aromatic N) is 2. The summed E-state index contributed by atoms with van der Waals surface area (Å²) in [7, 11) is -0.979. The molecule has 2 amide bonds. The summed E-state index contributed by atoms with van der Waals surface area (Å²) < 4.78 is 37.1. The highest BCUT2D eigenvalue weighted by atomic mass is 32.2. The van der Waals surface area contributed by atoms with Crippen LogP contribution in [0.4, 0.5) is 5.69 Å². The minimum atomic E-state index is -3.88. The lowest BCUT2D eigenvalue weighted by atomic mass is 10.1. The van der Waals surface area contributed by atoms with Crippen LogP contribution in [0.3, 0.4) is 0 Å². The van der Waals surface area contributed by atoms with Crippen LogP contribution in [0.5, 0.6) is 11.5 Å². The van der Waals surface area contributed by atoms with Crippen molar-refractivity contribution >= 4 is 27.5 Å². The molecule has 2 aromatic rings. The Hall–Kier alpha value is -3.27. The molecule has 0 radical (unpaired) electrons. The number of anilines is 1. The second-order valence-electron chi connectivity index (χ2n) is 8.14. The summed E-state index contributed by atoms with van der Waals surface area (Å²) in [5.41, 5.74) is 2.06. The molecule has 1 N–H and O–H groups in total. The normalized spacial score (nSPS) is 11.9. The topological polar surface area (TPSA) is 105 Å². The highest BCUT2D eigenvalue weighted by molar-refractivity contribution is 7.92. The molecule has 2 rings (SSSR count). The van der Waals surface area contributed by atoms with Crippen molar-refractivity contribution in [3.8, 4) is 11.5 Å². The lowest BCUT2D eigenvalue weighted by molar-refractivity contribution is -0.140. The maximum Gasteiger partial charge on any atom is 0.244 e. The number of carbonyl (C=O) groups is 2. The highest BCUT2D eigenvalue weighted by Crippen LogP contribution is 2.33. The first kappa shape index (κ1) is 28.0. The largest absolute Gasteiger partial charge is 0.497 e. The standard InChI is InChI=1S/C25H35N3O6S/c1-7-21(25(30)26-8-2)27(16-19-11-9-10-18(3)14-19)24(29)17-28(35(6,31)32)22-13-12-20(33-4)15-23(22)34-5/h9-15,21H,7-8,16-17H2,1-6H3,(H,26,30)/t21-/m1/s1. The van der Waals surface area contributed by atoms with Gasteiger partial charge in [0.2, 0.25) is 21.8 Å². The number of hydrogen-bond donors (Lipinski definition) is 1. The van der Waals surface area contributed by atoms with Crippen molar-refractivity contribution in [1.29, 1.82) is 0 Å². The summed E-state index contributed by atoms with van der Waals surface area (Å²) in [6.45, 7) is 5.64. The van der Waals surface area contributed by atoms with E-state index >= 15 is 0 Å². The first-order valence-electron chi connectivity index (χ1n) is 11.4. The van der Waals surface area contributed by atoms with Gasteiger partial charge in [-0.15, -0.1) is 0 Å². The van der Waals surface area contributed by atoms with E-state index in [9.17, 15) is 18.0 Å². The second-order valence-corrected chi connectivity index (χ2v) is 10.0. The number of methoxy groups -OCH3 is 2. The predicted octanol–water partition coefficient (Wildman–Crippen LogP) is 2.72. The average molecular weight is 506 g/mol. The molecule has 0 spiro atoms. The number of hydrogen-bond acceptors (Lipinski definition) is 6. The third kappa shape index (κ3) is 7.35. The van der Waals surface area contributed by atoms with E-state index in [1.54, 1.807) is 19.1 Å². The van der Waals surface area contributed by atoms with Crippen LogP contribution < -0.4 is 19.1 Å². The quantitative estimate of drug-likeness (QED) is 0.476. The third-order valence-electron chi connectivity index (χ3n) is 5.51. The van der Waals surface area contributed by atoms with E-state index in [4.69, 9.17) is 9.47 Å². The molecule has 0 aliphatic heterocycles. The molecule has 9 nitrogen and oxygen atoms in total. The van der Waals surface area contributed by atoms with Gasteiger partial charge < -0.3 is 19.7 Å². The Morgan fingerprint density at radius 2 is 1.77 bits per heavy atom. The van der Waals surface area contributed by atoms with Crippen LogP contribution in [-0.4, -0.2) is 64.7 Å². The molecule has 0 fully saturated rings. The molecule has 192 valence electrons. The summed E-state index contributed by atoms with van der Waals surface area (Å²) in [5, 5.41) is 2.78. The second kappa shape index (κ2) is 12.4. The summed E-state index contributed by atoms with van der Waals surface area (Å²) in [6.07, 6.45) is 1.39. The Morgan fingerprint density at radius 1 is 1.06 bits per heavy atom. The van der Waals surface area contributed by atoms with Gasteiger partial charge in [0, 0.05) is 19.2 Å². The van der Waals surface area contributed by atoms with Crippen molar-refractivity contribution in [2.24, 2.45) is 0 Å². The number of ether oxygens (including phenoxy) is 2. The molecule has 10 heteroatoms. The molecule has 2 aromatic carbocycles. The van der Waals surface area contributed by atoms with Gasteiger partial charge in [-0.05, 0) is 38.0 Å². The maximum atomic E-state index is 13.7. The van der Waals surface area contributed by atoms with Crippen molar-refractivity contribution in [3.63, 3.8) is 0 Å². The van der Waals surface area contributed by atoms with Gasteiger partial charge in [0.1, 0.15) is 24.1 Å². The Morgan fingerprint density at radius 3 is 2.31 bits per heavy atom. The van der Waals surface area contributed by atoms with E-state index in [-0.39, 0.29) is 23.9 Å². The van der Waals surface area contributed by atoms with Crippen LogP contribution in [-0.2, 0) is 26.2 Å². The average Bonchev–Trinajstić information content (AvgIpc) is 2.81. The Kier molecular flexibility index (Phi) is 9.94. The molecular formula is C25H35N3O6S. The zero-order chi connectivity index (χ0) is 26.2. The minimum Gasteiger partial charge on any atom is -0.497 e. The van der Waals surface area contributed by atoms with Crippen LogP contribution in [0, 0.1) is 6.92 Å². The number of sulfonamides is 1. The first-order chi connectivity index (χ1) is 16.5. The number of likely N-dealkylation sites (N-methyl/N-ethyl adjacent to an activating group) is 1. The predicted molar refractivity (Wildman–Crippen MR) is 136 cm³/mol. The SMILES string of the molecule is CCNC(=O)[C@@H](CC)N(Cc1cccc(C)c1)C(=O)CN(c1ccc(OC)cc1OC)S(C)(=O)=O. The van der Waals surface area contributed by atoms with Gasteiger partial charge in [0.25, 0.3) is 0 Å². The number of aryl methyl sites for hydroxylation is 1. The summed E-state index contributed by atoms with van der Waals surface area (Å²) in [4.78, 5) is 27.9. The monoisotopic (exact) mass is 505 g/mol. The van der Waals surface area contributed by atoms with Crippen molar-refractivity contribution in [2.75, 3.05) is 37.9 Å². The number of carbonyl (C=O) groups excluding carboxylic acids is 2. The molecule has 0 aliphatic rings. The van der Waals surface area contributed by atoms with Gasteiger partial charge >= 0.3 is 0 Å². The fourth-order valence-corrected chi connectivity index (χ4v) is 4.66. The number of nitrogens with one attached hydrogen (secondary N) is 1. The highest BCUT2D eigenvalue weighted by Gasteiger charge is 2.32. The Bertz CT molecular complexity index is 1140. The van der Waals surface area contributed by atoms with Gasteiger partial charge in [0.05, 0.1) is 26.2 Å². The summed E-state index contributed by atoms with van der Waals surface area (Å²) in [5.74, 6) is -0.0749. The molecule has 0 saturated heterocycles. The van der Waals surface area contributed by atoms with Crippen molar-refractivity contribution < 1.29 is 27.5 Å². The molecule has 35 heavy (non-hydrogen) atoms. The Balaban J connectivity index is 2.50.